The highest BCUT2D eigenvalue weighted by Crippen LogP contribution is 2.39. The molecule has 1 atom stereocenters. The van der Waals surface area contributed by atoms with E-state index in [1.54, 1.807) is 0 Å². The molecule has 0 spiro atoms. The molecule has 0 amide bonds. The summed E-state index contributed by atoms with van der Waals surface area (Å²) < 4.78 is 43.8. The quantitative estimate of drug-likeness (QED) is 0.221. The summed E-state index contributed by atoms with van der Waals surface area (Å²) in [6, 6.07) is 6.62. The molecule has 1 aliphatic rings. The van der Waals surface area contributed by atoms with E-state index >= 15 is 0 Å². The van der Waals surface area contributed by atoms with Crippen molar-refractivity contribution in [1.82, 2.24) is 4.98 Å². The average Bonchev–Trinajstić information content (AvgIpc) is 2.78. The lowest BCUT2D eigenvalue weighted by atomic mass is 9.79. The molecule has 0 aliphatic heterocycles. The summed E-state index contributed by atoms with van der Waals surface area (Å²) in [4.78, 5) is 27.0. The molecule has 0 saturated heterocycles. The van der Waals surface area contributed by atoms with Crippen LogP contribution in [0, 0.1) is 12.8 Å². The molecule has 1 aliphatic carbocycles. The first kappa shape index (κ1) is 27.0. The van der Waals surface area contributed by atoms with Crippen molar-refractivity contribution >= 4 is 29.1 Å². The van der Waals surface area contributed by atoms with E-state index in [0.29, 0.717) is 41.4 Å². The normalized spacial score (nSPS) is 16.5. The van der Waals surface area contributed by atoms with Crippen molar-refractivity contribution in [1.29, 1.82) is 0 Å². The lowest BCUT2D eigenvalue weighted by Crippen LogP contribution is -2.23. The zero-order valence-electron chi connectivity index (χ0n) is 20.5. The van der Waals surface area contributed by atoms with Gasteiger partial charge in [-0.05, 0) is 61.1 Å². The van der Waals surface area contributed by atoms with E-state index in [-0.39, 0.29) is 11.7 Å². The maximum Gasteiger partial charge on any atom is 0.417 e. The van der Waals surface area contributed by atoms with Crippen LogP contribution in [0.1, 0.15) is 67.9 Å². The van der Waals surface area contributed by atoms with E-state index in [1.165, 1.54) is 24.8 Å². The molecule has 0 radical (unpaired) electrons. The molecule has 1 unspecified atom stereocenters. The van der Waals surface area contributed by atoms with Crippen LogP contribution in [0.15, 0.2) is 41.2 Å². The molecular formula is C27H31F3NO3S+. The summed E-state index contributed by atoms with van der Waals surface area (Å²) in [5.41, 5.74) is 4.18. The smallest absolute Gasteiger partial charge is 0.417 e. The van der Waals surface area contributed by atoms with Gasteiger partial charge < -0.3 is 4.74 Å². The number of halogens is 3. The molecular weight excluding hydrogens is 475 g/mol. The van der Waals surface area contributed by atoms with Crippen molar-refractivity contribution in [3.05, 3.63) is 64.0 Å². The van der Waals surface area contributed by atoms with Crippen molar-refractivity contribution in [2.75, 3.05) is 5.75 Å². The number of aryl methyl sites for hydroxylation is 3. The van der Waals surface area contributed by atoms with Crippen molar-refractivity contribution in [2.45, 2.75) is 71.0 Å². The fourth-order valence-corrected chi connectivity index (χ4v) is 5.46. The van der Waals surface area contributed by atoms with Crippen LogP contribution in [-0.4, -0.2) is 27.3 Å². The standard InChI is InChI=1S/C27H30F3NO3S/c1-5-19-11-16(3)12-20(6-2)25(19)26-22(33)13-18(14-23(26)34-17(4)32)9-10-35-24-8-7-21(15-31-24)27(28,29)30/h7-8,11-12,15,18H,5-6,9-10,13-14H2,1-4H3/p+1. The first-order valence-electron chi connectivity index (χ1n) is 11.8. The minimum Gasteiger partial charge on any atom is -0.430 e. The van der Waals surface area contributed by atoms with Gasteiger partial charge in [-0.1, -0.05) is 31.5 Å². The minimum absolute atomic E-state index is 0.0376. The predicted molar refractivity (Wildman–Crippen MR) is 133 cm³/mol. The van der Waals surface area contributed by atoms with E-state index in [1.807, 2.05) is 6.92 Å². The molecule has 188 valence electrons. The van der Waals surface area contributed by atoms with Gasteiger partial charge in [-0.25, -0.2) is 4.98 Å². The van der Waals surface area contributed by atoms with Crippen LogP contribution in [0.3, 0.4) is 0 Å². The number of hydrogen-bond donors (Lipinski definition) is 0. The maximum absolute atomic E-state index is 12.7. The fraction of sp³-hybridized carbons (Fsp3) is 0.444. The van der Waals surface area contributed by atoms with E-state index in [4.69, 9.17) is 4.74 Å². The fourth-order valence-electron chi connectivity index (χ4n) is 4.51. The Balaban J connectivity index is 1.81. The molecule has 0 bridgehead atoms. The number of rotatable bonds is 8. The third-order valence-corrected chi connectivity index (χ3v) is 7.07. The number of hydrogen-bond acceptors (Lipinski definition) is 4. The van der Waals surface area contributed by atoms with Crippen molar-refractivity contribution in [2.24, 2.45) is 5.92 Å². The highest BCUT2D eigenvalue weighted by molar-refractivity contribution is 7.99. The van der Waals surface area contributed by atoms with Gasteiger partial charge in [0.25, 0.3) is 0 Å². The number of thioether (sulfide) groups is 1. The van der Waals surface area contributed by atoms with Gasteiger partial charge in [0.1, 0.15) is 11.3 Å². The Morgan fingerprint density at radius 1 is 1.17 bits per heavy atom. The number of benzene rings is 1. The lowest BCUT2D eigenvalue weighted by molar-refractivity contribution is -0.138. The van der Waals surface area contributed by atoms with Crippen molar-refractivity contribution < 1.29 is 27.5 Å². The number of pyridine rings is 1. The van der Waals surface area contributed by atoms with Crippen LogP contribution >= 0.6 is 11.8 Å². The van der Waals surface area contributed by atoms with Crippen molar-refractivity contribution in [3.63, 3.8) is 0 Å². The van der Waals surface area contributed by atoms with E-state index in [9.17, 15) is 22.8 Å². The second-order valence-electron chi connectivity index (χ2n) is 8.80. The van der Waals surface area contributed by atoms with Gasteiger partial charge in [0.05, 0.1) is 17.0 Å². The first-order valence-corrected chi connectivity index (χ1v) is 12.8. The molecule has 1 heterocycles. The summed E-state index contributed by atoms with van der Waals surface area (Å²) >= 11 is 1.37. The Labute approximate surface area is 208 Å². The Hall–Kier alpha value is -2.61. The second kappa shape index (κ2) is 11.4. The topological polar surface area (TPSA) is 60.6 Å². The molecule has 1 aromatic carbocycles. The zero-order valence-corrected chi connectivity index (χ0v) is 21.3. The number of carbonyl (C=O) groups excluding carboxylic acids is 2. The van der Waals surface area contributed by atoms with Crippen LogP contribution in [0.2, 0.25) is 0 Å². The Bertz CT molecular complexity index is 1100. The Kier molecular flexibility index (Phi) is 8.80. The number of aromatic nitrogens is 1. The van der Waals surface area contributed by atoms with Crippen LogP contribution in [-0.2, 0) is 28.5 Å². The van der Waals surface area contributed by atoms with Gasteiger partial charge in [-0.15, -0.1) is 11.8 Å². The number of carbonyl (C=O) groups is 1. The summed E-state index contributed by atoms with van der Waals surface area (Å²) in [6.07, 6.45) is -0.362. The summed E-state index contributed by atoms with van der Waals surface area (Å²) in [5.74, 6) is 0.915. The highest BCUT2D eigenvalue weighted by Gasteiger charge is 2.36. The SMILES string of the molecule is CCc1cc(C)cc(CC)c1C1=C(OC(C)=O)CC(CCSc2ccc(C(F)(F)F)cn2)CC1=[OH+]. The number of alkyl halides is 3. The van der Waals surface area contributed by atoms with Gasteiger partial charge in [-0.2, -0.15) is 13.2 Å². The van der Waals surface area contributed by atoms with E-state index in [2.05, 4.69) is 31.0 Å². The first-order chi connectivity index (χ1) is 16.5. The molecule has 1 aromatic heterocycles. The van der Waals surface area contributed by atoms with E-state index in [0.717, 1.165) is 47.4 Å². The van der Waals surface area contributed by atoms with Crippen LogP contribution in [0.25, 0.3) is 5.57 Å². The third-order valence-electron chi connectivity index (χ3n) is 6.09. The van der Waals surface area contributed by atoms with E-state index < -0.39 is 17.7 Å². The van der Waals surface area contributed by atoms with Gasteiger partial charge in [0.15, 0.2) is 0 Å². The molecule has 4 nitrogen and oxygen atoms in total. The summed E-state index contributed by atoms with van der Waals surface area (Å²) in [5, 5.41) is 0.512. The summed E-state index contributed by atoms with van der Waals surface area (Å²) in [7, 11) is 0. The summed E-state index contributed by atoms with van der Waals surface area (Å²) in [6.45, 7) is 7.54. The molecule has 1 N–H and O–H groups in total. The van der Waals surface area contributed by atoms with Gasteiger partial charge in [0, 0.05) is 25.1 Å². The lowest BCUT2D eigenvalue weighted by Gasteiger charge is -2.25. The molecule has 3 rings (SSSR count). The second-order valence-corrected chi connectivity index (χ2v) is 9.91. The minimum atomic E-state index is -4.41. The number of esters is 1. The average molecular weight is 507 g/mol. The number of ether oxygens (including phenoxy) is 1. The predicted octanol–water partition coefficient (Wildman–Crippen LogP) is 6.95. The largest absolute Gasteiger partial charge is 0.430 e. The number of allylic oxidation sites excluding steroid dienone is 2. The van der Waals surface area contributed by atoms with Crippen LogP contribution < -0.4 is 0 Å². The van der Waals surface area contributed by atoms with Gasteiger partial charge in [0.2, 0.25) is 0 Å². The van der Waals surface area contributed by atoms with Gasteiger partial charge in [-0.3, -0.25) is 9.59 Å². The molecule has 35 heavy (non-hydrogen) atoms. The zero-order chi connectivity index (χ0) is 25.8. The number of nitrogens with zero attached hydrogens (tertiary/aromatic N) is 1. The Morgan fingerprint density at radius 2 is 1.83 bits per heavy atom. The Morgan fingerprint density at radius 3 is 2.34 bits per heavy atom. The third kappa shape index (κ3) is 6.75. The molecule has 0 saturated carbocycles. The van der Waals surface area contributed by atoms with Crippen LogP contribution in [0.4, 0.5) is 13.2 Å². The van der Waals surface area contributed by atoms with Crippen molar-refractivity contribution in [3.8, 4) is 0 Å². The molecule has 0 fully saturated rings. The van der Waals surface area contributed by atoms with Crippen LogP contribution in [0.5, 0.6) is 0 Å². The molecule has 2 aromatic rings. The monoisotopic (exact) mass is 506 g/mol. The highest BCUT2D eigenvalue weighted by atomic mass is 32.2. The maximum atomic E-state index is 12.7. The number of ketones is 1. The van der Waals surface area contributed by atoms with Gasteiger partial charge >= 0.3 is 17.9 Å². The molecule has 8 heteroatoms.